The van der Waals surface area contributed by atoms with Crippen LogP contribution in [-0.2, 0) is 17.6 Å². The molecule has 2 heterocycles. The lowest BCUT2D eigenvalue weighted by atomic mass is 10.1. The molecule has 0 saturated carbocycles. The fraction of sp³-hybridized carbons (Fsp3) is 0.150. The van der Waals surface area contributed by atoms with Gasteiger partial charge in [-0.15, -0.1) is 24.5 Å². The van der Waals surface area contributed by atoms with Crippen molar-refractivity contribution in [2.24, 2.45) is 0 Å². The molecule has 4 aromatic rings. The van der Waals surface area contributed by atoms with Crippen molar-refractivity contribution >= 4 is 33.3 Å². The first-order valence-electron chi connectivity index (χ1n) is 8.78. The van der Waals surface area contributed by atoms with Crippen molar-refractivity contribution in [2.75, 3.05) is 5.32 Å². The topological polar surface area (TPSA) is 77.3 Å². The predicted octanol–water partition coefficient (Wildman–Crippen LogP) is 4.95. The average Bonchev–Trinajstić information content (AvgIpc) is 3.29. The van der Waals surface area contributed by atoms with Gasteiger partial charge in [0.05, 0.1) is 6.42 Å². The predicted molar refractivity (Wildman–Crippen MR) is 104 cm³/mol. The molecule has 4 rings (SSSR count). The zero-order valence-corrected chi connectivity index (χ0v) is 16.1. The Bertz CT molecular complexity index is 1170. The monoisotopic (exact) mass is 433 g/mol. The van der Waals surface area contributed by atoms with Crippen LogP contribution in [0.25, 0.3) is 11.0 Å². The Morgan fingerprint density at radius 1 is 1.13 bits per heavy atom. The number of aromatic nitrogens is 2. The van der Waals surface area contributed by atoms with Crippen LogP contribution in [0, 0.1) is 0 Å². The van der Waals surface area contributed by atoms with E-state index in [0.29, 0.717) is 22.8 Å². The number of thiazole rings is 1. The van der Waals surface area contributed by atoms with Crippen LogP contribution in [0.2, 0.25) is 0 Å². The third-order valence-electron chi connectivity index (χ3n) is 4.12. The zero-order chi connectivity index (χ0) is 21.1. The number of fused-ring (bicyclic) bond motifs is 1. The number of rotatable bonds is 6. The van der Waals surface area contributed by atoms with E-state index in [4.69, 9.17) is 4.52 Å². The second kappa shape index (κ2) is 8.15. The van der Waals surface area contributed by atoms with Crippen LogP contribution in [0.5, 0.6) is 5.75 Å². The zero-order valence-electron chi connectivity index (χ0n) is 15.3. The minimum atomic E-state index is -4.72. The van der Waals surface area contributed by atoms with E-state index in [0.717, 1.165) is 15.8 Å². The molecule has 0 unspecified atom stereocenters. The van der Waals surface area contributed by atoms with E-state index in [1.165, 1.54) is 23.5 Å². The van der Waals surface area contributed by atoms with Gasteiger partial charge in [-0.2, -0.15) is 0 Å². The largest absolute Gasteiger partial charge is 0.573 e. The molecule has 0 radical (unpaired) electrons. The van der Waals surface area contributed by atoms with E-state index in [1.807, 2.05) is 18.2 Å². The van der Waals surface area contributed by atoms with Crippen LogP contribution in [-0.4, -0.2) is 22.4 Å². The summed E-state index contributed by atoms with van der Waals surface area (Å²) in [5.41, 5.74) is 1.95. The fourth-order valence-electron chi connectivity index (χ4n) is 2.84. The Balaban J connectivity index is 1.35. The van der Waals surface area contributed by atoms with Gasteiger partial charge in [0, 0.05) is 22.9 Å². The van der Waals surface area contributed by atoms with Crippen LogP contribution < -0.4 is 10.1 Å². The SMILES string of the molecule is O=C(Cc1noc2ccccc12)Nc1ncc(Cc2ccc(OC(F)(F)F)cc2)s1. The van der Waals surface area contributed by atoms with Gasteiger partial charge in [0.15, 0.2) is 10.7 Å². The minimum absolute atomic E-state index is 0.0482. The maximum absolute atomic E-state index is 12.3. The second-order valence-corrected chi connectivity index (χ2v) is 7.47. The number of carbonyl (C=O) groups is 1. The number of hydrogen-bond acceptors (Lipinski definition) is 6. The number of alkyl halides is 3. The number of carbonyl (C=O) groups excluding carboxylic acids is 1. The molecule has 0 aliphatic rings. The number of ether oxygens (including phenoxy) is 1. The molecule has 6 nitrogen and oxygen atoms in total. The van der Waals surface area contributed by atoms with E-state index in [9.17, 15) is 18.0 Å². The van der Waals surface area contributed by atoms with E-state index in [-0.39, 0.29) is 18.1 Å². The first-order chi connectivity index (χ1) is 14.4. The molecule has 1 amide bonds. The summed E-state index contributed by atoms with van der Waals surface area (Å²) in [7, 11) is 0. The Morgan fingerprint density at radius 3 is 2.67 bits per heavy atom. The first kappa shape index (κ1) is 19.9. The van der Waals surface area contributed by atoms with Gasteiger partial charge in [0.25, 0.3) is 0 Å². The molecule has 0 bridgehead atoms. The summed E-state index contributed by atoms with van der Waals surface area (Å²) in [4.78, 5) is 17.3. The molecule has 0 fully saturated rings. The van der Waals surface area contributed by atoms with Gasteiger partial charge in [-0.3, -0.25) is 4.79 Å². The average molecular weight is 433 g/mol. The normalized spacial score (nSPS) is 11.6. The number of amides is 1. The van der Waals surface area contributed by atoms with Crippen molar-refractivity contribution in [1.29, 1.82) is 0 Å². The standard InChI is InChI=1S/C20H14F3N3O3S/c21-20(22,23)28-13-7-5-12(6-8-13)9-14-11-24-19(30-14)25-18(27)10-16-15-3-1-2-4-17(15)29-26-16/h1-8,11H,9-10H2,(H,24,25,27). The summed E-state index contributed by atoms with van der Waals surface area (Å²) in [5, 5.41) is 7.87. The van der Waals surface area contributed by atoms with E-state index < -0.39 is 6.36 Å². The summed E-state index contributed by atoms with van der Waals surface area (Å²) in [5.74, 6) is -0.549. The van der Waals surface area contributed by atoms with Crippen LogP contribution in [0.1, 0.15) is 16.1 Å². The number of halogens is 3. The van der Waals surface area contributed by atoms with E-state index >= 15 is 0 Å². The molecule has 0 aliphatic heterocycles. The van der Waals surface area contributed by atoms with Gasteiger partial charge in [0.1, 0.15) is 11.4 Å². The van der Waals surface area contributed by atoms with E-state index in [2.05, 4.69) is 20.2 Å². The van der Waals surface area contributed by atoms with E-state index in [1.54, 1.807) is 24.4 Å². The number of anilines is 1. The van der Waals surface area contributed by atoms with Gasteiger partial charge in [-0.25, -0.2) is 4.98 Å². The summed E-state index contributed by atoms with van der Waals surface area (Å²) >= 11 is 1.29. The van der Waals surface area contributed by atoms with Crippen LogP contribution in [0.3, 0.4) is 0 Å². The van der Waals surface area contributed by atoms with Gasteiger partial charge in [0.2, 0.25) is 5.91 Å². The van der Waals surface area contributed by atoms with Crippen molar-refractivity contribution < 1.29 is 27.2 Å². The molecule has 0 spiro atoms. The Hall–Kier alpha value is -3.40. The van der Waals surface area contributed by atoms with Gasteiger partial charge >= 0.3 is 6.36 Å². The molecule has 2 aromatic carbocycles. The number of benzene rings is 2. The van der Waals surface area contributed by atoms with Crippen molar-refractivity contribution in [3.05, 3.63) is 70.9 Å². The van der Waals surface area contributed by atoms with Gasteiger partial charge in [-0.05, 0) is 29.8 Å². The summed E-state index contributed by atoms with van der Waals surface area (Å²) in [6.45, 7) is 0. The lowest BCUT2D eigenvalue weighted by molar-refractivity contribution is -0.274. The van der Waals surface area contributed by atoms with Crippen LogP contribution in [0.4, 0.5) is 18.3 Å². The Morgan fingerprint density at radius 2 is 1.90 bits per heavy atom. The van der Waals surface area contributed by atoms with Crippen molar-refractivity contribution in [3.8, 4) is 5.75 Å². The highest BCUT2D eigenvalue weighted by molar-refractivity contribution is 7.15. The molecule has 1 N–H and O–H groups in total. The molecule has 0 aliphatic carbocycles. The number of nitrogens with zero attached hydrogens (tertiary/aromatic N) is 2. The third-order valence-corrected chi connectivity index (χ3v) is 5.03. The van der Waals surface area contributed by atoms with Crippen LogP contribution in [0.15, 0.2) is 59.3 Å². The van der Waals surface area contributed by atoms with Gasteiger partial charge in [-0.1, -0.05) is 29.4 Å². The molecule has 30 heavy (non-hydrogen) atoms. The molecule has 154 valence electrons. The summed E-state index contributed by atoms with van der Waals surface area (Å²) < 4.78 is 45.7. The minimum Gasteiger partial charge on any atom is -0.406 e. The first-order valence-corrected chi connectivity index (χ1v) is 9.60. The lowest BCUT2D eigenvalue weighted by Gasteiger charge is -2.08. The molecular weight excluding hydrogens is 419 g/mol. The van der Waals surface area contributed by atoms with Crippen molar-refractivity contribution in [1.82, 2.24) is 10.1 Å². The number of nitrogens with one attached hydrogen (secondary N) is 1. The smallest absolute Gasteiger partial charge is 0.406 e. The second-order valence-electron chi connectivity index (χ2n) is 6.35. The fourth-order valence-corrected chi connectivity index (χ4v) is 3.70. The summed E-state index contributed by atoms with van der Waals surface area (Å²) in [6, 6.07) is 12.9. The molecular formula is C20H14F3N3O3S. The maximum atomic E-state index is 12.3. The summed E-state index contributed by atoms with van der Waals surface area (Å²) in [6.07, 6.45) is -2.59. The quantitative estimate of drug-likeness (QED) is 0.465. The van der Waals surface area contributed by atoms with Crippen molar-refractivity contribution in [3.63, 3.8) is 0 Å². The Kier molecular flexibility index (Phi) is 5.40. The number of hydrogen-bond donors (Lipinski definition) is 1. The highest BCUT2D eigenvalue weighted by Gasteiger charge is 2.30. The van der Waals surface area contributed by atoms with Crippen LogP contribution >= 0.6 is 11.3 Å². The van der Waals surface area contributed by atoms with Gasteiger partial charge < -0.3 is 14.6 Å². The Labute approximate surface area is 172 Å². The van der Waals surface area contributed by atoms with Crippen molar-refractivity contribution in [2.45, 2.75) is 19.2 Å². The molecule has 10 heteroatoms. The molecule has 0 atom stereocenters. The molecule has 0 saturated heterocycles. The molecule has 2 aromatic heterocycles. The maximum Gasteiger partial charge on any atom is 0.573 e. The highest BCUT2D eigenvalue weighted by atomic mass is 32.1. The third kappa shape index (κ3) is 4.95. The lowest BCUT2D eigenvalue weighted by Crippen LogP contribution is -2.17. The highest BCUT2D eigenvalue weighted by Crippen LogP contribution is 2.26. The number of para-hydroxylation sites is 1.